The van der Waals surface area contributed by atoms with E-state index in [0.717, 1.165) is 5.56 Å². The summed E-state index contributed by atoms with van der Waals surface area (Å²) in [6.07, 6.45) is 1.69. The van der Waals surface area contributed by atoms with E-state index in [1.54, 1.807) is 18.4 Å². The van der Waals surface area contributed by atoms with Crippen LogP contribution in [0.5, 0.6) is 11.5 Å². The van der Waals surface area contributed by atoms with Crippen LogP contribution in [0.25, 0.3) is 0 Å². The van der Waals surface area contributed by atoms with E-state index in [9.17, 15) is 9.32 Å². The second-order valence-corrected chi connectivity index (χ2v) is 5.44. The molecule has 0 heterocycles. The summed E-state index contributed by atoms with van der Waals surface area (Å²) in [7, 11) is 0.750. The van der Waals surface area contributed by atoms with E-state index in [0.29, 0.717) is 18.0 Å². The number of phenolic OH excluding ortho intramolecular Hbond substituents is 1. The highest BCUT2D eigenvalue weighted by atomic mass is 32.2. The van der Waals surface area contributed by atoms with Crippen LogP contribution in [-0.2, 0) is 10.8 Å². The molecule has 17 heavy (non-hydrogen) atoms. The van der Waals surface area contributed by atoms with Gasteiger partial charge in [-0.25, -0.2) is 0 Å². The zero-order chi connectivity index (χ0) is 12.8. The van der Waals surface area contributed by atoms with Gasteiger partial charge in [0.25, 0.3) is 0 Å². The molecule has 0 saturated heterocycles. The summed E-state index contributed by atoms with van der Waals surface area (Å²) in [5.41, 5.74) is 1.03. The van der Waals surface area contributed by atoms with Gasteiger partial charge in [-0.15, -0.1) is 0 Å². The number of rotatable bonds is 6. The third kappa shape index (κ3) is 4.36. The van der Waals surface area contributed by atoms with Crippen molar-refractivity contribution in [2.75, 3.05) is 25.7 Å². The fourth-order valence-electron chi connectivity index (χ4n) is 1.50. The minimum absolute atomic E-state index is 0.132. The Hall–Kier alpha value is -1.07. The highest BCUT2D eigenvalue weighted by molar-refractivity contribution is 7.84. The van der Waals surface area contributed by atoms with Crippen LogP contribution < -0.4 is 10.1 Å². The average Bonchev–Trinajstić information content (AvgIpc) is 2.29. The molecule has 5 heteroatoms. The van der Waals surface area contributed by atoms with Gasteiger partial charge in [0.05, 0.1) is 7.11 Å². The molecule has 0 radical (unpaired) electrons. The van der Waals surface area contributed by atoms with Crippen molar-refractivity contribution in [1.82, 2.24) is 5.32 Å². The molecule has 2 N–H and O–H groups in total. The van der Waals surface area contributed by atoms with Crippen molar-refractivity contribution < 1.29 is 14.1 Å². The third-order valence-electron chi connectivity index (χ3n) is 2.54. The van der Waals surface area contributed by atoms with E-state index < -0.39 is 10.8 Å². The highest BCUT2D eigenvalue weighted by Crippen LogP contribution is 2.28. The van der Waals surface area contributed by atoms with Crippen LogP contribution in [0.2, 0.25) is 0 Å². The molecule has 96 valence electrons. The van der Waals surface area contributed by atoms with Crippen molar-refractivity contribution >= 4 is 10.8 Å². The molecule has 2 unspecified atom stereocenters. The minimum Gasteiger partial charge on any atom is -0.504 e. The van der Waals surface area contributed by atoms with Gasteiger partial charge in [0.1, 0.15) is 0 Å². The highest BCUT2D eigenvalue weighted by Gasteiger charge is 2.08. The fraction of sp³-hybridized carbons (Fsp3) is 0.500. The van der Waals surface area contributed by atoms with Gasteiger partial charge in [-0.05, 0) is 24.6 Å². The van der Waals surface area contributed by atoms with Gasteiger partial charge in [-0.2, -0.15) is 0 Å². The van der Waals surface area contributed by atoms with Crippen LogP contribution in [0.15, 0.2) is 18.2 Å². The summed E-state index contributed by atoms with van der Waals surface area (Å²) in [6.45, 7) is 2.72. The van der Waals surface area contributed by atoms with E-state index in [-0.39, 0.29) is 11.8 Å². The molecule has 1 aromatic rings. The molecule has 0 aliphatic rings. The van der Waals surface area contributed by atoms with Crippen molar-refractivity contribution in [3.8, 4) is 11.5 Å². The van der Waals surface area contributed by atoms with Crippen molar-refractivity contribution in [2.45, 2.75) is 13.0 Å². The summed E-state index contributed by atoms with van der Waals surface area (Å²) >= 11 is 0. The van der Waals surface area contributed by atoms with Crippen molar-refractivity contribution in [2.24, 2.45) is 0 Å². The van der Waals surface area contributed by atoms with E-state index in [4.69, 9.17) is 4.74 Å². The Balaban J connectivity index is 2.62. The van der Waals surface area contributed by atoms with Crippen LogP contribution >= 0.6 is 0 Å². The number of ether oxygens (including phenoxy) is 1. The lowest BCUT2D eigenvalue weighted by atomic mass is 10.1. The zero-order valence-corrected chi connectivity index (χ0v) is 11.2. The summed E-state index contributed by atoms with van der Waals surface area (Å²) in [4.78, 5) is 0. The molecular formula is C12H19NO3S. The molecule has 0 bridgehead atoms. The zero-order valence-electron chi connectivity index (χ0n) is 10.4. The average molecular weight is 257 g/mol. The first-order valence-electron chi connectivity index (χ1n) is 5.45. The summed E-state index contributed by atoms with van der Waals surface area (Å²) < 4.78 is 16.0. The molecule has 2 atom stereocenters. The molecule has 0 aliphatic carbocycles. The van der Waals surface area contributed by atoms with Crippen molar-refractivity contribution in [1.29, 1.82) is 0 Å². The van der Waals surface area contributed by atoms with Gasteiger partial charge >= 0.3 is 0 Å². The minimum atomic E-state index is -0.775. The fourth-order valence-corrected chi connectivity index (χ4v) is 1.91. The van der Waals surface area contributed by atoms with E-state index in [1.165, 1.54) is 7.11 Å². The Labute approximate surface area is 104 Å². The second kappa shape index (κ2) is 6.61. The number of phenols is 1. The normalized spacial score (nSPS) is 14.3. The number of hydrogen-bond acceptors (Lipinski definition) is 4. The van der Waals surface area contributed by atoms with Gasteiger partial charge in [-0.1, -0.05) is 6.07 Å². The number of benzene rings is 1. The maximum Gasteiger partial charge on any atom is 0.160 e. The number of hydrogen-bond donors (Lipinski definition) is 2. The lowest BCUT2D eigenvalue weighted by molar-refractivity contribution is 0.372. The molecule has 0 aromatic heterocycles. The Morgan fingerprint density at radius 2 is 2.24 bits per heavy atom. The van der Waals surface area contributed by atoms with Crippen molar-refractivity contribution in [3.05, 3.63) is 23.8 Å². The molecule has 0 spiro atoms. The molecular weight excluding hydrogens is 238 g/mol. The van der Waals surface area contributed by atoms with Crippen LogP contribution in [0, 0.1) is 0 Å². The van der Waals surface area contributed by atoms with Crippen LogP contribution in [0.3, 0.4) is 0 Å². The topological polar surface area (TPSA) is 58.6 Å². The van der Waals surface area contributed by atoms with E-state index in [2.05, 4.69) is 5.32 Å². The van der Waals surface area contributed by atoms with Crippen LogP contribution in [-0.4, -0.2) is 35.0 Å². The monoisotopic (exact) mass is 257 g/mol. The predicted molar refractivity (Wildman–Crippen MR) is 70.0 cm³/mol. The quantitative estimate of drug-likeness (QED) is 0.809. The van der Waals surface area contributed by atoms with Gasteiger partial charge in [0.2, 0.25) is 0 Å². The molecule has 0 fully saturated rings. The largest absolute Gasteiger partial charge is 0.504 e. The van der Waals surface area contributed by atoms with Gasteiger partial charge in [-0.3, -0.25) is 4.21 Å². The van der Waals surface area contributed by atoms with Gasteiger partial charge in [0, 0.05) is 35.4 Å². The first-order valence-corrected chi connectivity index (χ1v) is 7.17. The lowest BCUT2D eigenvalue weighted by Crippen LogP contribution is -2.23. The van der Waals surface area contributed by atoms with E-state index in [1.807, 2.05) is 13.0 Å². The first-order chi connectivity index (χ1) is 8.04. The molecule has 1 rings (SSSR count). The number of nitrogens with one attached hydrogen (secondary N) is 1. The Morgan fingerprint density at radius 1 is 1.53 bits per heavy atom. The first kappa shape index (κ1) is 14.0. The molecule has 1 aromatic carbocycles. The Bertz CT molecular complexity index is 395. The second-order valence-electron chi connectivity index (χ2n) is 3.88. The van der Waals surface area contributed by atoms with Crippen LogP contribution in [0.4, 0.5) is 0 Å². The van der Waals surface area contributed by atoms with Gasteiger partial charge in [0.15, 0.2) is 11.5 Å². The maximum absolute atomic E-state index is 10.9. The summed E-state index contributed by atoms with van der Waals surface area (Å²) in [5, 5.41) is 12.8. The smallest absolute Gasteiger partial charge is 0.160 e. The SMILES string of the molecule is COc1cc(C(C)NCCS(C)=O)ccc1O. The Kier molecular flexibility index (Phi) is 5.44. The van der Waals surface area contributed by atoms with Crippen LogP contribution in [0.1, 0.15) is 18.5 Å². The maximum atomic E-state index is 10.9. The van der Waals surface area contributed by atoms with Gasteiger partial charge < -0.3 is 15.2 Å². The third-order valence-corrected chi connectivity index (χ3v) is 3.32. The molecule has 0 amide bonds. The lowest BCUT2D eigenvalue weighted by Gasteiger charge is -2.15. The molecule has 4 nitrogen and oxygen atoms in total. The van der Waals surface area contributed by atoms with Crippen molar-refractivity contribution in [3.63, 3.8) is 0 Å². The van der Waals surface area contributed by atoms with E-state index >= 15 is 0 Å². The Morgan fingerprint density at radius 3 is 2.82 bits per heavy atom. The number of aromatic hydroxyl groups is 1. The predicted octanol–water partition coefficient (Wildman–Crippen LogP) is 1.43. The molecule has 0 aliphatic heterocycles. The number of methoxy groups -OCH3 is 1. The summed E-state index contributed by atoms with van der Waals surface area (Å²) in [5.74, 6) is 1.24. The molecule has 0 saturated carbocycles. The summed E-state index contributed by atoms with van der Waals surface area (Å²) in [6, 6.07) is 5.40. The standard InChI is InChI=1S/C12H19NO3S/c1-9(13-6-7-17(3)15)10-4-5-11(14)12(8-10)16-2/h4-5,8-9,13-14H,6-7H2,1-3H3.